The van der Waals surface area contributed by atoms with Gasteiger partial charge in [0.15, 0.2) is 0 Å². The molecule has 0 heteroatoms. The molecule has 0 aliphatic heterocycles. The van der Waals surface area contributed by atoms with Crippen LogP contribution >= 0.6 is 0 Å². The van der Waals surface area contributed by atoms with Gasteiger partial charge < -0.3 is 0 Å². The number of hydrogen-bond acceptors (Lipinski definition) is 0. The summed E-state index contributed by atoms with van der Waals surface area (Å²) in [6.45, 7) is 3.75. The van der Waals surface area contributed by atoms with E-state index in [1.54, 1.807) is 0 Å². The van der Waals surface area contributed by atoms with Crippen LogP contribution in [-0.4, -0.2) is 0 Å². The van der Waals surface area contributed by atoms with Gasteiger partial charge in [0.1, 0.15) is 0 Å². The third-order valence-electron chi connectivity index (χ3n) is 3.42. The van der Waals surface area contributed by atoms with Gasteiger partial charge in [0, 0.05) is 11.1 Å². The summed E-state index contributed by atoms with van der Waals surface area (Å²) in [5.74, 6) is 12.2. The molecule has 0 unspecified atom stereocenters. The highest BCUT2D eigenvalue weighted by atomic mass is 14.2. The van der Waals surface area contributed by atoms with Crippen molar-refractivity contribution in [3.05, 3.63) is 58.7 Å². The van der Waals surface area contributed by atoms with Crippen molar-refractivity contribution < 1.29 is 0 Å². The average Bonchev–Trinajstić information content (AvgIpc) is 2.76. The van der Waals surface area contributed by atoms with Crippen molar-refractivity contribution in [3.8, 4) is 34.8 Å². The fourth-order valence-corrected chi connectivity index (χ4v) is 2.65. The van der Waals surface area contributed by atoms with Gasteiger partial charge in [-0.1, -0.05) is 24.0 Å². The lowest BCUT2D eigenvalue weighted by atomic mass is 10.0. The summed E-state index contributed by atoms with van der Waals surface area (Å²) < 4.78 is 0. The first kappa shape index (κ1) is 11.6. The molecule has 3 rings (SSSR count). The van der Waals surface area contributed by atoms with Crippen LogP contribution in [0.1, 0.15) is 36.1 Å². The second-order valence-corrected chi connectivity index (χ2v) is 4.67. The Morgan fingerprint density at radius 1 is 0.737 bits per heavy atom. The van der Waals surface area contributed by atoms with Crippen LogP contribution < -0.4 is 0 Å². The largest absolute Gasteiger partial charge is 0.101 e. The molecular weight excluding hydrogens is 228 g/mol. The number of benzene rings is 2. The lowest BCUT2D eigenvalue weighted by Crippen LogP contribution is -1.83. The summed E-state index contributed by atoms with van der Waals surface area (Å²) in [7, 11) is 0. The van der Waals surface area contributed by atoms with E-state index in [0.717, 1.165) is 17.5 Å². The van der Waals surface area contributed by atoms with Crippen molar-refractivity contribution in [2.75, 3.05) is 0 Å². The van der Waals surface area contributed by atoms with Crippen molar-refractivity contribution >= 4 is 0 Å². The topological polar surface area (TPSA) is 0 Å². The van der Waals surface area contributed by atoms with Crippen molar-refractivity contribution in [2.45, 2.75) is 20.3 Å². The number of rotatable bonds is 0. The van der Waals surface area contributed by atoms with E-state index in [0.29, 0.717) is 0 Å². The van der Waals surface area contributed by atoms with Crippen LogP contribution in [0.5, 0.6) is 0 Å². The zero-order valence-corrected chi connectivity index (χ0v) is 11.2. The van der Waals surface area contributed by atoms with Crippen LogP contribution in [0, 0.1) is 23.7 Å². The maximum Gasteiger partial charge on any atom is 0.0248 e. The van der Waals surface area contributed by atoms with Crippen LogP contribution in [0.4, 0.5) is 0 Å². The maximum atomic E-state index is 3.12. The van der Waals surface area contributed by atoms with Crippen LogP contribution in [0.15, 0.2) is 36.4 Å². The SMILES string of the molecule is CC#Cc1ccc2c(c1)Cc1cc(C#CC)ccc1-2. The molecule has 0 N–H and O–H groups in total. The first-order valence-corrected chi connectivity index (χ1v) is 6.43. The Bertz CT molecular complexity index is 704. The van der Waals surface area contributed by atoms with E-state index in [9.17, 15) is 0 Å². The summed E-state index contributed by atoms with van der Waals surface area (Å²) in [6, 6.07) is 13.0. The minimum absolute atomic E-state index is 0.989. The van der Waals surface area contributed by atoms with Crippen LogP contribution in [0.3, 0.4) is 0 Å². The minimum atomic E-state index is 0.989. The quantitative estimate of drug-likeness (QED) is 0.523. The van der Waals surface area contributed by atoms with Gasteiger partial charge in [0.25, 0.3) is 0 Å². The van der Waals surface area contributed by atoms with Crippen molar-refractivity contribution in [3.63, 3.8) is 0 Å². The normalized spacial score (nSPS) is 10.6. The van der Waals surface area contributed by atoms with Crippen molar-refractivity contribution in [1.82, 2.24) is 0 Å². The highest BCUT2D eigenvalue weighted by Gasteiger charge is 2.18. The van der Waals surface area contributed by atoms with Crippen molar-refractivity contribution in [2.24, 2.45) is 0 Å². The highest BCUT2D eigenvalue weighted by Crippen LogP contribution is 2.37. The lowest BCUT2D eigenvalue weighted by Gasteiger charge is -2.01. The fraction of sp³-hybridized carbons (Fsp3) is 0.158. The maximum absolute atomic E-state index is 3.12. The molecule has 90 valence electrons. The van der Waals surface area contributed by atoms with Crippen LogP contribution in [0.25, 0.3) is 11.1 Å². The van der Waals surface area contributed by atoms with Gasteiger partial charge in [-0.2, -0.15) is 0 Å². The molecule has 1 aliphatic carbocycles. The first-order chi connectivity index (χ1) is 9.31. The van der Waals surface area contributed by atoms with Gasteiger partial charge in [0.05, 0.1) is 0 Å². The van der Waals surface area contributed by atoms with E-state index in [1.807, 2.05) is 13.8 Å². The van der Waals surface area contributed by atoms with E-state index in [-0.39, 0.29) is 0 Å². The molecule has 0 saturated heterocycles. The monoisotopic (exact) mass is 242 g/mol. The molecule has 2 aromatic carbocycles. The molecule has 2 aromatic rings. The third kappa shape index (κ3) is 2.03. The second kappa shape index (κ2) is 4.68. The van der Waals surface area contributed by atoms with E-state index < -0.39 is 0 Å². The van der Waals surface area contributed by atoms with E-state index in [1.165, 1.54) is 22.3 Å². The number of hydrogen-bond donors (Lipinski definition) is 0. The number of fused-ring (bicyclic) bond motifs is 3. The molecule has 0 bridgehead atoms. The molecule has 0 fully saturated rings. The lowest BCUT2D eigenvalue weighted by molar-refractivity contribution is 1.26. The molecule has 0 nitrogen and oxygen atoms in total. The molecular formula is C19H14. The van der Waals surface area contributed by atoms with Gasteiger partial charge in [-0.15, -0.1) is 11.8 Å². The Morgan fingerprint density at radius 3 is 1.63 bits per heavy atom. The van der Waals surface area contributed by atoms with E-state index in [4.69, 9.17) is 0 Å². The summed E-state index contributed by atoms with van der Waals surface area (Å²) in [4.78, 5) is 0. The fourth-order valence-electron chi connectivity index (χ4n) is 2.65. The molecule has 0 spiro atoms. The summed E-state index contributed by atoms with van der Waals surface area (Å²) in [5, 5.41) is 0. The van der Waals surface area contributed by atoms with Gasteiger partial charge in [-0.25, -0.2) is 0 Å². The molecule has 0 aromatic heterocycles. The Kier molecular flexibility index (Phi) is 2.86. The molecule has 1 aliphatic rings. The molecule has 19 heavy (non-hydrogen) atoms. The highest BCUT2D eigenvalue weighted by molar-refractivity contribution is 5.78. The molecule has 0 heterocycles. The molecule has 0 atom stereocenters. The van der Waals surface area contributed by atoms with Gasteiger partial charge >= 0.3 is 0 Å². The summed E-state index contributed by atoms with van der Waals surface area (Å²) in [6.07, 6.45) is 0.989. The van der Waals surface area contributed by atoms with Gasteiger partial charge in [-0.05, 0) is 66.8 Å². The molecule has 0 amide bonds. The Hall–Kier alpha value is -2.44. The third-order valence-corrected chi connectivity index (χ3v) is 3.42. The second-order valence-electron chi connectivity index (χ2n) is 4.67. The van der Waals surface area contributed by atoms with Gasteiger partial charge in [-0.3, -0.25) is 0 Å². The Balaban J connectivity index is 2.08. The summed E-state index contributed by atoms with van der Waals surface area (Å²) >= 11 is 0. The zero-order valence-electron chi connectivity index (χ0n) is 11.2. The standard InChI is InChI=1S/C19H14/c1-3-5-14-7-9-18-16(11-14)13-17-12-15(6-4-2)8-10-19(17)18/h7-12H,13H2,1-2H3. The van der Waals surface area contributed by atoms with Gasteiger partial charge in [0.2, 0.25) is 0 Å². The van der Waals surface area contributed by atoms with Crippen molar-refractivity contribution in [1.29, 1.82) is 0 Å². The summed E-state index contributed by atoms with van der Waals surface area (Å²) in [5.41, 5.74) is 7.62. The molecule has 0 saturated carbocycles. The zero-order chi connectivity index (χ0) is 13.2. The average molecular weight is 242 g/mol. The van der Waals surface area contributed by atoms with E-state index in [2.05, 4.69) is 60.1 Å². The minimum Gasteiger partial charge on any atom is -0.101 e. The smallest absolute Gasteiger partial charge is 0.0248 e. The predicted molar refractivity (Wildman–Crippen MR) is 79.8 cm³/mol. The van der Waals surface area contributed by atoms with Crippen LogP contribution in [0.2, 0.25) is 0 Å². The van der Waals surface area contributed by atoms with E-state index >= 15 is 0 Å². The predicted octanol–water partition coefficient (Wildman–Crippen LogP) is 4.00. The molecule has 0 radical (unpaired) electrons. The van der Waals surface area contributed by atoms with Crippen LogP contribution in [-0.2, 0) is 6.42 Å². The first-order valence-electron chi connectivity index (χ1n) is 6.43. The Labute approximate surface area is 114 Å². The Morgan fingerprint density at radius 2 is 1.21 bits per heavy atom.